The van der Waals surface area contributed by atoms with Crippen LogP contribution in [0.1, 0.15) is 43.2 Å². The fraction of sp³-hybridized carbons (Fsp3) is 0.457. The molecule has 3 fully saturated rings. The van der Waals surface area contributed by atoms with E-state index in [4.69, 9.17) is 11.6 Å². The van der Waals surface area contributed by atoms with E-state index >= 15 is 0 Å². The molecule has 1 N–H and O–H groups in total. The topological polar surface area (TPSA) is 81.2 Å². The summed E-state index contributed by atoms with van der Waals surface area (Å²) in [4.78, 5) is 48.9. The van der Waals surface area contributed by atoms with E-state index in [-0.39, 0.29) is 36.1 Å². The molecule has 2 bridgehead atoms. The molecule has 3 saturated heterocycles. The van der Waals surface area contributed by atoms with Crippen LogP contribution in [0.4, 0.5) is 5.69 Å². The van der Waals surface area contributed by atoms with Gasteiger partial charge in [-0.2, -0.15) is 0 Å². The third kappa shape index (κ3) is 5.84. The highest BCUT2D eigenvalue weighted by atomic mass is 35.5. The van der Waals surface area contributed by atoms with E-state index in [1.807, 2.05) is 49.4 Å². The van der Waals surface area contributed by atoms with E-state index in [0.29, 0.717) is 49.6 Å². The molecule has 1 spiro atoms. The van der Waals surface area contributed by atoms with Crippen LogP contribution < -0.4 is 4.90 Å². The molecule has 7 nitrogen and oxygen atoms in total. The molecule has 3 aliphatic rings. The fourth-order valence-electron chi connectivity index (χ4n) is 7.46. The largest absolute Gasteiger partial charge is 0.396 e. The van der Waals surface area contributed by atoms with Crippen molar-refractivity contribution < 1.29 is 19.5 Å². The molecule has 2 unspecified atom stereocenters. The van der Waals surface area contributed by atoms with Crippen LogP contribution in [0.15, 0.2) is 73.8 Å². The predicted octanol–water partition coefficient (Wildman–Crippen LogP) is 5.64. The van der Waals surface area contributed by atoms with E-state index in [2.05, 4.69) is 13.2 Å². The zero-order valence-corrected chi connectivity index (χ0v) is 26.9. The number of para-hydroxylation sites is 1. The van der Waals surface area contributed by atoms with Gasteiger partial charge in [0, 0.05) is 38.0 Å². The summed E-state index contributed by atoms with van der Waals surface area (Å²) in [6, 6.07) is 14.7. The maximum Gasteiger partial charge on any atom is 0.251 e. The van der Waals surface area contributed by atoms with Gasteiger partial charge in [0.2, 0.25) is 11.8 Å². The number of thioether (sulfide) groups is 1. The van der Waals surface area contributed by atoms with Crippen molar-refractivity contribution in [1.82, 2.24) is 9.80 Å². The second-order valence-corrected chi connectivity index (χ2v) is 14.0. The van der Waals surface area contributed by atoms with Crippen LogP contribution in [-0.4, -0.2) is 74.9 Å². The lowest BCUT2D eigenvalue weighted by Crippen LogP contribution is -2.55. The number of unbranched alkanes of at least 4 members (excludes halogenated alkanes) is 2. The summed E-state index contributed by atoms with van der Waals surface area (Å²) in [5.41, 5.74) is 2.49. The number of hydrogen-bond acceptors (Lipinski definition) is 5. The highest BCUT2D eigenvalue weighted by molar-refractivity contribution is 8.02. The number of carbonyl (C=O) groups excluding carboxylic acids is 3. The number of fused-ring (bicyclic) bond motifs is 1. The summed E-state index contributed by atoms with van der Waals surface area (Å²) in [5.74, 6) is -1.46. The van der Waals surface area contributed by atoms with E-state index in [9.17, 15) is 19.5 Å². The van der Waals surface area contributed by atoms with Crippen LogP contribution in [0.3, 0.4) is 0 Å². The monoisotopic (exact) mass is 635 g/mol. The van der Waals surface area contributed by atoms with Crippen LogP contribution in [0, 0.1) is 18.8 Å². The van der Waals surface area contributed by atoms with Gasteiger partial charge < -0.3 is 19.8 Å². The molecule has 5 atom stereocenters. The van der Waals surface area contributed by atoms with Gasteiger partial charge in [-0.25, -0.2) is 0 Å². The van der Waals surface area contributed by atoms with Gasteiger partial charge in [-0.05, 0) is 56.2 Å². The lowest BCUT2D eigenvalue weighted by atomic mass is 9.70. The number of nitrogens with zero attached hydrogens (tertiary/aromatic N) is 3. The third-order valence-electron chi connectivity index (χ3n) is 9.29. The van der Waals surface area contributed by atoms with Crippen molar-refractivity contribution in [3.63, 3.8) is 0 Å². The molecule has 3 heterocycles. The molecule has 5 rings (SSSR count). The summed E-state index contributed by atoms with van der Waals surface area (Å²) in [6.07, 6.45) is 6.90. The summed E-state index contributed by atoms with van der Waals surface area (Å²) in [5, 5.41) is 9.78. The minimum atomic E-state index is -0.737. The predicted molar refractivity (Wildman–Crippen MR) is 178 cm³/mol. The van der Waals surface area contributed by atoms with Gasteiger partial charge in [0.15, 0.2) is 0 Å². The Balaban J connectivity index is 1.53. The number of amides is 3. The molecular formula is C35H42ClN3O4S. The summed E-state index contributed by atoms with van der Waals surface area (Å²) in [6.45, 7) is 11.2. The van der Waals surface area contributed by atoms with E-state index in [1.54, 1.807) is 44.7 Å². The minimum absolute atomic E-state index is 0.0405. The maximum absolute atomic E-state index is 14.8. The third-order valence-corrected chi connectivity index (χ3v) is 11.5. The molecular weight excluding hydrogens is 594 g/mol. The maximum atomic E-state index is 14.8. The van der Waals surface area contributed by atoms with E-state index in [0.717, 1.165) is 24.0 Å². The Labute approximate surface area is 269 Å². The van der Waals surface area contributed by atoms with E-state index in [1.165, 1.54) is 0 Å². The molecule has 0 radical (unpaired) electrons. The normalized spacial score (nSPS) is 25.2. The zero-order chi connectivity index (χ0) is 31.4. The first-order valence-electron chi connectivity index (χ1n) is 15.5. The molecule has 9 heteroatoms. The van der Waals surface area contributed by atoms with Crippen molar-refractivity contribution in [2.75, 3.05) is 31.1 Å². The standard InChI is InChI=1S/C35H42ClN3O4S/c1-4-19-37(23-25-14-8-6-9-15-25)32(41)28-27-17-18-35(44-27)29(28)33(42)39(21-10-7-11-22-40)31(35)34(43)38(20-5-2)30-24(3)13-12-16-26(30)36/h4-6,8-9,12-16,27-29,31,40H,1-2,7,10-11,17-23H2,3H3/t27-,28+,29+,31?,35?/m1/s1. The Bertz CT molecular complexity index is 1380. The van der Waals surface area contributed by atoms with Crippen molar-refractivity contribution in [1.29, 1.82) is 0 Å². The Hall–Kier alpha value is -3.07. The number of aryl methyl sites for hydroxylation is 1. The molecule has 0 aromatic heterocycles. The average Bonchev–Trinajstić information content (AvgIpc) is 3.66. The number of rotatable bonds is 14. The van der Waals surface area contributed by atoms with E-state index < -0.39 is 22.6 Å². The number of hydrogen-bond donors (Lipinski definition) is 1. The number of carbonyl (C=O) groups is 3. The quantitative estimate of drug-likeness (QED) is 0.215. The highest BCUT2D eigenvalue weighted by Gasteiger charge is 2.74. The van der Waals surface area contributed by atoms with Gasteiger partial charge in [-0.3, -0.25) is 14.4 Å². The van der Waals surface area contributed by atoms with Crippen molar-refractivity contribution in [2.24, 2.45) is 11.8 Å². The summed E-state index contributed by atoms with van der Waals surface area (Å²) in [7, 11) is 0. The van der Waals surface area contributed by atoms with Crippen LogP contribution in [0.25, 0.3) is 0 Å². The first kappa shape index (κ1) is 32.3. The SMILES string of the molecule is C=CCN(Cc1ccccc1)C(=O)[C@@H]1[C@H]2C(=O)N(CCCCCO)C(C(=O)N(CC=C)c3c(C)cccc3Cl)C23CC[C@H]1S3. The molecule has 3 aliphatic heterocycles. The molecule has 234 valence electrons. The molecule has 2 aromatic carbocycles. The lowest BCUT2D eigenvalue weighted by Gasteiger charge is -2.38. The molecule has 3 amide bonds. The zero-order valence-electron chi connectivity index (χ0n) is 25.4. The lowest BCUT2D eigenvalue weighted by molar-refractivity contribution is -0.144. The summed E-state index contributed by atoms with van der Waals surface area (Å²) < 4.78 is -0.711. The Morgan fingerprint density at radius 1 is 1.07 bits per heavy atom. The number of aliphatic hydroxyl groups is 1. The Morgan fingerprint density at radius 2 is 1.82 bits per heavy atom. The van der Waals surface area contributed by atoms with Gasteiger partial charge in [-0.15, -0.1) is 24.9 Å². The molecule has 0 aliphatic carbocycles. The number of aliphatic hydroxyl groups excluding tert-OH is 1. The molecule has 2 aromatic rings. The smallest absolute Gasteiger partial charge is 0.251 e. The second kappa shape index (κ2) is 13.9. The van der Waals surface area contributed by atoms with Gasteiger partial charge in [-0.1, -0.05) is 66.2 Å². The van der Waals surface area contributed by atoms with Crippen LogP contribution in [0.2, 0.25) is 5.02 Å². The Kier molecular flexibility index (Phi) is 10.2. The number of likely N-dealkylation sites (tertiary alicyclic amines) is 1. The average molecular weight is 636 g/mol. The van der Waals surface area contributed by atoms with Gasteiger partial charge in [0.05, 0.1) is 27.3 Å². The van der Waals surface area contributed by atoms with Crippen LogP contribution in [-0.2, 0) is 20.9 Å². The van der Waals surface area contributed by atoms with Crippen molar-refractivity contribution in [3.8, 4) is 0 Å². The minimum Gasteiger partial charge on any atom is -0.396 e. The highest BCUT2D eigenvalue weighted by Crippen LogP contribution is 2.67. The number of benzene rings is 2. The van der Waals surface area contributed by atoms with Crippen LogP contribution >= 0.6 is 23.4 Å². The van der Waals surface area contributed by atoms with Crippen molar-refractivity contribution in [3.05, 3.63) is 90.0 Å². The van der Waals surface area contributed by atoms with Crippen LogP contribution in [0.5, 0.6) is 0 Å². The molecule has 44 heavy (non-hydrogen) atoms. The number of halogens is 1. The first-order chi connectivity index (χ1) is 21.3. The molecule has 0 saturated carbocycles. The first-order valence-corrected chi connectivity index (χ1v) is 16.7. The van der Waals surface area contributed by atoms with Gasteiger partial charge >= 0.3 is 0 Å². The fourth-order valence-corrected chi connectivity index (χ4v) is 9.99. The Morgan fingerprint density at radius 3 is 2.50 bits per heavy atom. The van der Waals surface area contributed by atoms with Gasteiger partial charge in [0.1, 0.15) is 6.04 Å². The second-order valence-electron chi connectivity index (χ2n) is 12.0. The van der Waals surface area contributed by atoms with Crippen molar-refractivity contribution >= 4 is 46.8 Å². The summed E-state index contributed by atoms with van der Waals surface area (Å²) >= 11 is 8.35. The van der Waals surface area contributed by atoms with Gasteiger partial charge in [0.25, 0.3) is 5.91 Å². The van der Waals surface area contributed by atoms with Crippen molar-refractivity contribution in [2.45, 2.75) is 61.6 Å². The number of anilines is 1.